The number of aryl methyl sites for hydroxylation is 2. The molecule has 0 saturated carbocycles. The lowest BCUT2D eigenvalue weighted by Crippen LogP contribution is -2.35. The van der Waals surface area contributed by atoms with Gasteiger partial charge >= 0.3 is 0 Å². The van der Waals surface area contributed by atoms with E-state index in [0.29, 0.717) is 11.4 Å². The molecule has 1 heterocycles. The number of hydrogen-bond acceptors (Lipinski definition) is 2. The van der Waals surface area contributed by atoms with Gasteiger partial charge in [0.1, 0.15) is 0 Å². The minimum absolute atomic E-state index is 0.339. The number of nitrogens with zero attached hydrogens (tertiary/aromatic N) is 1. The Labute approximate surface area is 184 Å². The molecule has 2 aromatic rings. The zero-order valence-corrected chi connectivity index (χ0v) is 19.2. The van der Waals surface area contributed by atoms with E-state index in [2.05, 4.69) is 41.1 Å². The van der Waals surface area contributed by atoms with Crippen LogP contribution >= 0.6 is 15.9 Å². The van der Waals surface area contributed by atoms with Crippen molar-refractivity contribution < 1.29 is 8.42 Å². The summed E-state index contributed by atoms with van der Waals surface area (Å²) < 4.78 is 28.8. The smallest absolute Gasteiger partial charge is 0.264 e. The standard InChI is InChI=1S/C24H29BrNO2S/c1-2-3-4-5-6-7-8-10-20-12-17-24-21(19-20)11-9-18-26(24)29(27,28)23-15-13-22(25)14-16-23/h2,4,12-17,19H,1,3,5-11,18H2. The van der Waals surface area contributed by atoms with Crippen molar-refractivity contribution in [3.63, 3.8) is 0 Å². The summed E-state index contributed by atoms with van der Waals surface area (Å²) in [5.74, 6) is 0. The molecule has 0 saturated heterocycles. The number of halogens is 1. The first-order valence-corrected chi connectivity index (χ1v) is 12.6. The summed E-state index contributed by atoms with van der Waals surface area (Å²) >= 11 is 3.37. The van der Waals surface area contributed by atoms with E-state index in [1.807, 2.05) is 12.1 Å². The monoisotopic (exact) mass is 474 g/mol. The van der Waals surface area contributed by atoms with Gasteiger partial charge in [-0.15, -0.1) is 6.58 Å². The minimum atomic E-state index is -3.54. The van der Waals surface area contributed by atoms with E-state index in [-0.39, 0.29) is 0 Å². The number of unbranched alkanes of at least 4 members (excludes halogenated alkanes) is 5. The molecular weight excluding hydrogens is 446 g/mol. The minimum Gasteiger partial charge on any atom is -0.266 e. The molecule has 2 aromatic carbocycles. The van der Waals surface area contributed by atoms with E-state index >= 15 is 0 Å². The van der Waals surface area contributed by atoms with Crippen molar-refractivity contribution in [3.8, 4) is 0 Å². The van der Waals surface area contributed by atoms with Crippen molar-refractivity contribution in [1.82, 2.24) is 0 Å². The average molecular weight is 475 g/mol. The van der Waals surface area contributed by atoms with Crippen LogP contribution < -0.4 is 4.31 Å². The Morgan fingerprint density at radius 1 is 1.07 bits per heavy atom. The summed E-state index contributed by atoms with van der Waals surface area (Å²) in [5.41, 5.74) is 3.29. The fraction of sp³-hybridized carbons (Fsp3) is 0.375. The second kappa shape index (κ2) is 10.4. The van der Waals surface area contributed by atoms with Crippen molar-refractivity contribution in [2.75, 3.05) is 10.8 Å². The lowest BCUT2D eigenvalue weighted by molar-refractivity contribution is 0.586. The molecule has 0 atom stereocenters. The quantitative estimate of drug-likeness (QED) is 0.292. The Bertz CT molecular complexity index is 922. The zero-order valence-electron chi connectivity index (χ0n) is 16.8. The number of fused-ring (bicyclic) bond motifs is 1. The Morgan fingerprint density at radius 2 is 1.86 bits per heavy atom. The average Bonchev–Trinajstić information content (AvgIpc) is 2.73. The van der Waals surface area contributed by atoms with Crippen LogP contribution in [-0.4, -0.2) is 15.0 Å². The number of anilines is 1. The van der Waals surface area contributed by atoms with Crippen molar-refractivity contribution in [2.45, 2.75) is 56.3 Å². The maximum Gasteiger partial charge on any atom is 0.264 e. The highest BCUT2D eigenvalue weighted by Crippen LogP contribution is 2.33. The molecule has 3 nitrogen and oxygen atoms in total. The fourth-order valence-electron chi connectivity index (χ4n) is 3.79. The van der Waals surface area contributed by atoms with Gasteiger partial charge in [-0.3, -0.25) is 4.31 Å². The van der Waals surface area contributed by atoms with Crippen LogP contribution in [0, 0.1) is 6.42 Å². The van der Waals surface area contributed by atoms with Gasteiger partial charge < -0.3 is 0 Å². The molecule has 0 aliphatic carbocycles. The van der Waals surface area contributed by atoms with Gasteiger partial charge in [-0.1, -0.05) is 47.0 Å². The van der Waals surface area contributed by atoms with Crippen molar-refractivity contribution in [1.29, 1.82) is 0 Å². The highest BCUT2D eigenvalue weighted by atomic mass is 79.9. The summed E-state index contributed by atoms with van der Waals surface area (Å²) in [4.78, 5) is 0.339. The molecule has 0 bridgehead atoms. The summed E-state index contributed by atoms with van der Waals surface area (Å²) in [5, 5.41) is 0. The SMILES string of the molecule is C=CC[CH]CCCCCc1ccc2c(c1)CCCN2S(=O)(=O)c1ccc(Br)cc1. The molecule has 1 aliphatic heterocycles. The lowest BCUT2D eigenvalue weighted by atomic mass is 9.98. The van der Waals surface area contributed by atoms with Crippen LogP contribution in [0.4, 0.5) is 5.69 Å². The van der Waals surface area contributed by atoms with E-state index < -0.39 is 10.0 Å². The summed E-state index contributed by atoms with van der Waals surface area (Å²) in [6.45, 7) is 4.27. The molecule has 0 unspecified atom stereocenters. The molecular formula is C24H29BrNO2S. The molecule has 3 rings (SSSR count). The van der Waals surface area contributed by atoms with Gasteiger partial charge in [0.25, 0.3) is 10.0 Å². The Hall–Kier alpha value is -1.59. The van der Waals surface area contributed by atoms with Gasteiger partial charge in [0.05, 0.1) is 10.6 Å². The predicted molar refractivity (Wildman–Crippen MR) is 125 cm³/mol. The van der Waals surface area contributed by atoms with E-state index in [4.69, 9.17) is 0 Å². The van der Waals surface area contributed by atoms with Gasteiger partial charge in [-0.05, 0) is 86.4 Å². The van der Waals surface area contributed by atoms with Crippen LogP contribution in [0.3, 0.4) is 0 Å². The van der Waals surface area contributed by atoms with Crippen LogP contribution in [0.15, 0.2) is 64.5 Å². The van der Waals surface area contributed by atoms with Crippen LogP contribution in [0.25, 0.3) is 0 Å². The van der Waals surface area contributed by atoms with E-state index in [9.17, 15) is 8.42 Å². The van der Waals surface area contributed by atoms with E-state index in [0.717, 1.165) is 47.8 Å². The maximum atomic E-state index is 13.2. The Morgan fingerprint density at radius 3 is 2.62 bits per heavy atom. The third-order valence-electron chi connectivity index (χ3n) is 5.33. The van der Waals surface area contributed by atoms with Gasteiger partial charge in [-0.2, -0.15) is 0 Å². The topological polar surface area (TPSA) is 37.4 Å². The normalized spacial score (nSPS) is 13.9. The second-order valence-electron chi connectivity index (χ2n) is 7.51. The van der Waals surface area contributed by atoms with Gasteiger partial charge in [0.2, 0.25) is 0 Å². The number of allylic oxidation sites excluding steroid dienone is 1. The summed E-state index contributed by atoms with van der Waals surface area (Å²) in [7, 11) is -3.54. The number of hydrogen-bond donors (Lipinski definition) is 0. The fourth-order valence-corrected chi connectivity index (χ4v) is 5.59. The largest absolute Gasteiger partial charge is 0.266 e. The number of rotatable bonds is 10. The van der Waals surface area contributed by atoms with Crippen LogP contribution in [0.5, 0.6) is 0 Å². The second-order valence-corrected chi connectivity index (χ2v) is 10.3. The third-order valence-corrected chi connectivity index (χ3v) is 7.68. The zero-order chi connectivity index (χ0) is 20.7. The highest BCUT2D eigenvalue weighted by molar-refractivity contribution is 9.10. The molecule has 0 aromatic heterocycles. The van der Waals surface area contributed by atoms with Crippen molar-refractivity contribution >= 4 is 31.6 Å². The van der Waals surface area contributed by atoms with Crippen molar-refractivity contribution in [3.05, 3.63) is 77.1 Å². The highest BCUT2D eigenvalue weighted by Gasteiger charge is 2.29. The molecule has 0 fully saturated rings. The van der Waals surface area contributed by atoms with Crippen LogP contribution in [-0.2, 0) is 22.9 Å². The third kappa shape index (κ3) is 5.73. The first-order chi connectivity index (χ1) is 14.0. The molecule has 0 amide bonds. The van der Waals surface area contributed by atoms with E-state index in [1.165, 1.54) is 24.8 Å². The predicted octanol–water partition coefficient (Wildman–Crippen LogP) is 6.47. The maximum absolute atomic E-state index is 13.2. The van der Waals surface area contributed by atoms with Gasteiger partial charge in [-0.25, -0.2) is 8.42 Å². The molecule has 0 N–H and O–H groups in total. The van der Waals surface area contributed by atoms with Gasteiger partial charge in [0, 0.05) is 11.0 Å². The van der Waals surface area contributed by atoms with Gasteiger partial charge in [0.15, 0.2) is 0 Å². The van der Waals surface area contributed by atoms with Crippen LogP contribution in [0.2, 0.25) is 0 Å². The van der Waals surface area contributed by atoms with E-state index in [1.54, 1.807) is 28.6 Å². The van der Waals surface area contributed by atoms with Crippen LogP contribution in [0.1, 0.15) is 49.7 Å². The molecule has 29 heavy (non-hydrogen) atoms. The molecule has 155 valence electrons. The first-order valence-electron chi connectivity index (χ1n) is 10.3. The Balaban J connectivity index is 1.66. The first kappa shape index (κ1) is 22.1. The number of benzene rings is 2. The molecule has 0 spiro atoms. The summed E-state index contributed by atoms with van der Waals surface area (Å²) in [6, 6.07) is 13.2. The lowest BCUT2D eigenvalue weighted by Gasteiger charge is -2.31. The molecule has 5 heteroatoms. The Kier molecular flexibility index (Phi) is 7.96. The summed E-state index contributed by atoms with van der Waals surface area (Å²) in [6.07, 6.45) is 12.8. The number of sulfonamides is 1. The van der Waals surface area contributed by atoms with Crippen molar-refractivity contribution in [2.24, 2.45) is 0 Å². The molecule has 1 aliphatic rings. The molecule has 1 radical (unpaired) electrons.